The standard InChI is InChI=1S/C10H13N3O2S2/c1-12(8-9-5-6-11-13(9)2)17(14,15)10-4-3-7-16-10/h3-7H,8H2,1-2H3. The maximum absolute atomic E-state index is 12.1. The van der Waals surface area contributed by atoms with Crippen molar-refractivity contribution in [1.82, 2.24) is 14.1 Å². The van der Waals surface area contributed by atoms with Crippen molar-refractivity contribution < 1.29 is 8.42 Å². The summed E-state index contributed by atoms with van der Waals surface area (Å²) in [5.41, 5.74) is 0.854. The lowest BCUT2D eigenvalue weighted by Crippen LogP contribution is -2.26. The molecular weight excluding hydrogens is 258 g/mol. The van der Waals surface area contributed by atoms with E-state index >= 15 is 0 Å². The Labute approximate surface area is 104 Å². The number of nitrogens with zero attached hydrogens (tertiary/aromatic N) is 3. The highest BCUT2D eigenvalue weighted by atomic mass is 32.2. The Hall–Kier alpha value is -1.18. The monoisotopic (exact) mass is 271 g/mol. The number of thiophene rings is 1. The van der Waals surface area contributed by atoms with Crippen molar-refractivity contribution in [1.29, 1.82) is 0 Å². The quantitative estimate of drug-likeness (QED) is 0.842. The summed E-state index contributed by atoms with van der Waals surface area (Å²) in [4.78, 5) is 0. The minimum absolute atomic E-state index is 0.316. The van der Waals surface area contributed by atoms with Crippen LogP contribution in [0.2, 0.25) is 0 Å². The van der Waals surface area contributed by atoms with E-state index in [2.05, 4.69) is 5.10 Å². The normalized spacial score (nSPS) is 12.2. The molecule has 0 fully saturated rings. The molecule has 92 valence electrons. The maximum atomic E-state index is 12.1. The summed E-state index contributed by atoms with van der Waals surface area (Å²) in [6.07, 6.45) is 1.65. The van der Waals surface area contributed by atoms with E-state index in [1.807, 2.05) is 0 Å². The third kappa shape index (κ3) is 2.41. The molecule has 5 nitrogen and oxygen atoms in total. The Bertz CT molecular complexity index is 587. The van der Waals surface area contributed by atoms with E-state index in [0.717, 1.165) is 5.69 Å². The number of hydrogen-bond acceptors (Lipinski definition) is 4. The van der Waals surface area contributed by atoms with Crippen LogP contribution in [0.5, 0.6) is 0 Å². The second-order valence-electron chi connectivity index (χ2n) is 3.64. The fraction of sp³-hybridized carbons (Fsp3) is 0.300. The molecule has 0 aliphatic heterocycles. The first-order valence-corrected chi connectivity index (χ1v) is 7.30. The first-order valence-electron chi connectivity index (χ1n) is 4.98. The summed E-state index contributed by atoms with van der Waals surface area (Å²) >= 11 is 1.22. The van der Waals surface area contributed by atoms with Gasteiger partial charge >= 0.3 is 0 Å². The molecular formula is C10H13N3O2S2. The highest BCUT2D eigenvalue weighted by Gasteiger charge is 2.22. The second kappa shape index (κ2) is 4.59. The molecule has 2 heterocycles. The number of hydrogen-bond donors (Lipinski definition) is 0. The zero-order valence-corrected chi connectivity index (χ0v) is 11.2. The third-order valence-corrected chi connectivity index (χ3v) is 5.64. The molecule has 0 unspecified atom stereocenters. The minimum Gasteiger partial charge on any atom is -0.271 e. The van der Waals surface area contributed by atoms with E-state index in [4.69, 9.17) is 0 Å². The molecule has 2 aromatic rings. The van der Waals surface area contributed by atoms with Gasteiger partial charge in [0.05, 0.1) is 12.2 Å². The summed E-state index contributed by atoms with van der Waals surface area (Å²) in [5.74, 6) is 0. The molecule has 0 N–H and O–H groups in total. The SMILES string of the molecule is CN(Cc1ccnn1C)S(=O)(=O)c1cccs1. The zero-order valence-electron chi connectivity index (χ0n) is 9.57. The van der Waals surface area contributed by atoms with E-state index in [9.17, 15) is 8.42 Å². The van der Waals surface area contributed by atoms with Crippen molar-refractivity contribution >= 4 is 21.4 Å². The van der Waals surface area contributed by atoms with Crippen molar-refractivity contribution in [2.24, 2.45) is 7.05 Å². The van der Waals surface area contributed by atoms with Gasteiger partial charge in [-0.25, -0.2) is 8.42 Å². The van der Waals surface area contributed by atoms with Crippen molar-refractivity contribution in [3.05, 3.63) is 35.5 Å². The van der Waals surface area contributed by atoms with Gasteiger partial charge in [0.15, 0.2) is 0 Å². The van der Waals surface area contributed by atoms with Gasteiger partial charge in [0.1, 0.15) is 4.21 Å². The predicted molar refractivity (Wildman–Crippen MR) is 66.2 cm³/mol. The zero-order chi connectivity index (χ0) is 12.5. The lowest BCUT2D eigenvalue weighted by molar-refractivity contribution is 0.454. The number of aryl methyl sites for hydroxylation is 1. The largest absolute Gasteiger partial charge is 0.271 e. The summed E-state index contributed by atoms with van der Waals surface area (Å²) in [7, 11) is -0.0137. The van der Waals surface area contributed by atoms with Crippen molar-refractivity contribution in [3.8, 4) is 0 Å². The molecule has 7 heteroatoms. The Morgan fingerprint density at radius 2 is 2.24 bits per heavy atom. The number of rotatable bonds is 4. The van der Waals surface area contributed by atoms with Gasteiger partial charge in [0.25, 0.3) is 10.0 Å². The Morgan fingerprint density at radius 1 is 1.47 bits per heavy atom. The molecule has 0 saturated carbocycles. The summed E-state index contributed by atoms with van der Waals surface area (Å²) in [6, 6.07) is 5.15. The summed E-state index contributed by atoms with van der Waals surface area (Å²) in [6.45, 7) is 0.316. The Kier molecular flexibility index (Phi) is 3.32. The molecule has 2 rings (SSSR count). The van der Waals surface area contributed by atoms with Crippen LogP contribution in [0.4, 0.5) is 0 Å². The van der Waals surface area contributed by atoms with Crippen LogP contribution in [0, 0.1) is 0 Å². The molecule has 0 aliphatic rings. The molecule has 0 atom stereocenters. The summed E-state index contributed by atoms with van der Waals surface area (Å²) < 4.78 is 27.6. The van der Waals surface area contributed by atoms with Crippen molar-refractivity contribution in [3.63, 3.8) is 0 Å². The van der Waals surface area contributed by atoms with Crippen LogP contribution in [-0.2, 0) is 23.6 Å². The molecule has 2 aromatic heterocycles. The lowest BCUT2D eigenvalue weighted by atomic mass is 10.4. The van der Waals surface area contributed by atoms with E-state index in [1.54, 1.807) is 48.6 Å². The number of sulfonamides is 1. The van der Waals surface area contributed by atoms with E-state index in [1.165, 1.54) is 15.6 Å². The van der Waals surface area contributed by atoms with Gasteiger partial charge in [-0.05, 0) is 17.5 Å². The first-order chi connectivity index (χ1) is 8.01. The lowest BCUT2D eigenvalue weighted by Gasteiger charge is -2.15. The number of aromatic nitrogens is 2. The second-order valence-corrected chi connectivity index (χ2v) is 6.86. The van der Waals surface area contributed by atoms with Crippen LogP contribution in [0.1, 0.15) is 5.69 Å². The highest BCUT2D eigenvalue weighted by molar-refractivity contribution is 7.91. The van der Waals surface area contributed by atoms with Crippen LogP contribution in [-0.4, -0.2) is 29.6 Å². The van der Waals surface area contributed by atoms with Crippen molar-refractivity contribution in [2.75, 3.05) is 7.05 Å². The average Bonchev–Trinajstić information content (AvgIpc) is 2.90. The van der Waals surface area contributed by atoms with E-state index in [-0.39, 0.29) is 0 Å². The van der Waals surface area contributed by atoms with Crippen LogP contribution < -0.4 is 0 Å². The van der Waals surface area contributed by atoms with Gasteiger partial charge in [-0.15, -0.1) is 11.3 Å². The topological polar surface area (TPSA) is 55.2 Å². The van der Waals surface area contributed by atoms with E-state index < -0.39 is 10.0 Å². The van der Waals surface area contributed by atoms with Crippen LogP contribution in [0.25, 0.3) is 0 Å². The molecule has 0 radical (unpaired) electrons. The molecule has 0 aromatic carbocycles. The van der Waals surface area contributed by atoms with Gasteiger partial charge in [0.2, 0.25) is 0 Å². The van der Waals surface area contributed by atoms with Crippen LogP contribution in [0.3, 0.4) is 0 Å². The molecule has 0 spiro atoms. The van der Waals surface area contributed by atoms with Crippen molar-refractivity contribution in [2.45, 2.75) is 10.8 Å². The molecule has 0 aliphatic carbocycles. The van der Waals surface area contributed by atoms with Gasteiger partial charge in [-0.2, -0.15) is 9.40 Å². The third-order valence-electron chi connectivity index (χ3n) is 2.47. The minimum atomic E-state index is -3.38. The smallest absolute Gasteiger partial charge is 0.252 e. The van der Waals surface area contributed by atoms with Gasteiger partial charge in [-0.1, -0.05) is 6.07 Å². The fourth-order valence-electron chi connectivity index (χ4n) is 1.43. The Morgan fingerprint density at radius 3 is 2.76 bits per heavy atom. The molecule has 0 saturated heterocycles. The fourth-order valence-corrected chi connectivity index (χ4v) is 3.78. The molecule has 0 bridgehead atoms. The highest BCUT2D eigenvalue weighted by Crippen LogP contribution is 2.20. The van der Waals surface area contributed by atoms with Gasteiger partial charge in [-0.3, -0.25) is 4.68 Å². The first kappa shape index (κ1) is 12.3. The van der Waals surface area contributed by atoms with Gasteiger partial charge in [0, 0.05) is 20.3 Å². The average molecular weight is 271 g/mol. The van der Waals surface area contributed by atoms with Crippen LogP contribution >= 0.6 is 11.3 Å². The molecule has 17 heavy (non-hydrogen) atoms. The predicted octanol–water partition coefficient (Wildman–Crippen LogP) is 1.30. The summed E-state index contributed by atoms with van der Waals surface area (Å²) in [5, 5.41) is 5.77. The van der Waals surface area contributed by atoms with E-state index in [0.29, 0.717) is 10.8 Å². The molecule has 0 amide bonds. The maximum Gasteiger partial charge on any atom is 0.252 e. The van der Waals surface area contributed by atoms with Gasteiger partial charge < -0.3 is 0 Å². The Balaban J connectivity index is 2.22. The van der Waals surface area contributed by atoms with Crippen LogP contribution in [0.15, 0.2) is 34.0 Å².